The molecule has 3 N–H and O–H groups in total. The van der Waals surface area contributed by atoms with Gasteiger partial charge in [-0.05, 0) is 0 Å². The summed E-state index contributed by atoms with van der Waals surface area (Å²) in [5.74, 6) is 0. The summed E-state index contributed by atoms with van der Waals surface area (Å²) < 4.78 is 6.47. The number of hydrogen-bond donors (Lipinski definition) is 3. The van der Waals surface area contributed by atoms with Crippen LogP contribution in [-0.4, -0.2) is 44.7 Å². The van der Waals surface area contributed by atoms with Gasteiger partial charge < -0.3 is 0 Å². The first-order chi connectivity index (χ1) is 2.00. The molecule has 0 aliphatic heterocycles. The third-order valence-electron chi connectivity index (χ3n) is 0. The Hall–Kier alpha value is 1.17. The summed E-state index contributed by atoms with van der Waals surface area (Å²) in [5.41, 5.74) is 0. The van der Waals surface area contributed by atoms with Gasteiger partial charge in [0.1, 0.15) is 0 Å². The molecule has 0 spiro atoms. The standard InChI is InChI=1S/ClHO.Na.H2O2.H/c1-2;;1-2;/h2H;;1-2H;. The van der Waals surface area contributed by atoms with Gasteiger partial charge in [0.05, 0.1) is 11.9 Å². The van der Waals surface area contributed by atoms with E-state index in [1.165, 1.54) is 0 Å². The summed E-state index contributed by atoms with van der Waals surface area (Å²) in [6.07, 6.45) is 0. The van der Waals surface area contributed by atoms with Gasteiger partial charge in [0, 0.05) is 0 Å². The maximum absolute atomic E-state index is 6.47. The average molecular weight is 110 g/mol. The molecule has 0 aromatic rings. The van der Waals surface area contributed by atoms with Gasteiger partial charge in [-0.1, -0.05) is 0 Å². The van der Waals surface area contributed by atoms with Crippen LogP contribution in [-0.2, 0) is 0 Å². The molecule has 0 bridgehead atoms. The SMILES string of the molecule is OCl.OO.[NaH]. The van der Waals surface area contributed by atoms with Crippen molar-refractivity contribution in [2.45, 2.75) is 0 Å². The van der Waals surface area contributed by atoms with Crippen LogP contribution >= 0.6 is 11.9 Å². The third-order valence-corrected chi connectivity index (χ3v) is 0. The fourth-order valence-electron chi connectivity index (χ4n) is 0. The fraction of sp³-hybridized carbons (Fsp3) is 0. The second-order valence-electron chi connectivity index (χ2n) is 0. The summed E-state index contributed by atoms with van der Waals surface area (Å²) in [4.78, 5) is 0. The summed E-state index contributed by atoms with van der Waals surface area (Å²) in [6, 6.07) is 0. The Morgan fingerprint density at radius 2 is 1.00 bits per heavy atom. The zero-order valence-corrected chi connectivity index (χ0v) is 2.48. The number of hydrogen-bond acceptors (Lipinski definition) is 3. The Balaban J connectivity index is -0.0000000133. The molecular weight excluding hydrogens is 106 g/mol. The second-order valence-corrected chi connectivity index (χ2v) is 0. The fourth-order valence-corrected chi connectivity index (χ4v) is 0. The van der Waals surface area contributed by atoms with Crippen molar-refractivity contribution < 1.29 is 15.2 Å². The van der Waals surface area contributed by atoms with Gasteiger partial charge in [-0.3, -0.25) is 15.2 Å². The summed E-state index contributed by atoms with van der Waals surface area (Å²) >= 11 is 3.64. The molecule has 30 valence electrons. The molecule has 0 heterocycles. The van der Waals surface area contributed by atoms with Gasteiger partial charge >= 0.3 is 29.6 Å². The Morgan fingerprint density at radius 3 is 1.00 bits per heavy atom. The first-order valence-electron chi connectivity index (χ1n) is 0.369. The molecule has 0 rings (SSSR count). The van der Waals surface area contributed by atoms with Crippen molar-refractivity contribution >= 4 is 41.4 Å². The van der Waals surface area contributed by atoms with E-state index in [9.17, 15) is 0 Å². The van der Waals surface area contributed by atoms with E-state index in [2.05, 4.69) is 11.9 Å². The topological polar surface area (TPSA) is 60.7 Å². The molecule has 5 heavy (non-hydrogen) atoms. The van der Waals surface area contributed by atoms with Crippen molar-refractivity contribution in [1.29, 1.82) is 0 Å². The number of halogens is 1. The van der Waals surface area contributed by atoms with Crippen molar-refractivity contribution in [1.82, 2.24) is 0 Å². The molecule has 0 radical (unpaired) electrons. The van der Waals surface area contributed by atoms with E-state index < -0.39 is 0 Å². The Kier molecular flexibility index (Phi) is 216. The molecule has 0 aromatic heterocycles. The van der Waals surface area contributed by atoms with E-state index in [0.717, 1.165) is 0 Å². The van der Waals surface area contributed by atoms with Crippen LogP contribution in [0.15, 0.2) is 0 Å². The van der Waals surface area contributed by atoms with Crippen LogP contribution in [0.3, 0.4) is 0 Å². The van der Waals surface area contributed by atoms with Crippen molar-refractivity contribution in [2.75, 3.05) is 0 Å². The summed E-state index contributed by atoms with van der Waals surface area (Å²) in [5, 5.41) is 12.0. The van der Waals surface area contributed by atoms with Crippen molar-refractivity contribution in [2.24, 2.45) is 0 Å². The van der Waals surface area contributed by atoms with Crippen LogP contribution in [0, 0.1) is 0 Å². The molecule has 5 heteroatoms. The molecule has 0 amide bonds. The molecular formula is H4ClNaO3. The van der Waals surface area contributed by atoms with E-state index in [0.29, 0.717) is 0 Å². The average Bonchev–Trinajstić information content (AvgIpc) is 1.50. The first-order valence-corrected chi connectivity index (χ1v) is 0.707. The number of rotatable bonds is 0. The van der Waals surface area contributed by atoms with E-state index >= 15 is 0 Å². The van der Waals surface area contributed by atoms with Crippen LogP contribution in [0.5, 0.6) is 0 Å². The van der Waals surface area contributed by atoms with Crippen LogP contribution in [0.2, 0.25) is 0 Å². The van der Waals surface area contributed by atoms with Gasteiger partial charge in [0.15, 0.2) is 0 Å². The van der Waals surface area contributed by atoms with Crippen molar-refractivity contribution in [3.8, 4) is 0 Å². The monoisotopic (exact) mass is 110 g/mol. The van der Waals surface area contributed by atoms with E-state index in [1.54, 1.807) is 0 Å². The molecule has 0 aromatic carbocycles. The Morgan fingerprint density at radius 1 is 1.00 bits per heavy atom. The second kappa shape index (κ2) is 65.7. The molecule has 0 aliphatic rings. The van der Waals surface area contributed by atoms with Crippen LogP contribution < -0.4 is 0 Å². The van der Waals surface area contributed by atoms with E-state index in [4.69, 9.17) is 15.2 Å². The Bertz CT molecular complexity index is 6.85. The Labute approximate surface area is 56.6 Å². The molecule has 0 atom stereocenters. The first kappa shape index (κ1) is 16.4. The van der Waals surface area contributed by atoms with Gasteiger partial charge in [0.25, 0.3) is 0 Å². The quantitative estimate of drug-likeness (QED) is 0.224. The zero-order valence-electron chi connectivity index (χ0n) is 1.72. The normalized spacial score (nSPS) is 2.40. The summed E-state index contributed by atoms with van der Waals surface area (Å²) in [7, 11) is 0. The van der Waals surface area contributed by atoms with Gasteiger partial charge in [0.2, 0.25) is 0 Å². The molecule has 0 unspecified atom stereocenters. The molecule has 0 saturated heterocycles. The van der Waals surface area contributed by atoms with Crippen LogP contribution in [0.4, 0.5) is 0 Å². The van der Waals surface area contributed by atoms with Gasteiger partial charge in [-0.2, -0.15) is 0 Å². The van der Waals surface area contributed by atoms with E-state index in [1.807, 2.05) is 0 Å². The minimum absolute atomic E-state index is 0. The molecule has 0 fully saturated rings. The zero-order chi connectivity index (χ0) is 4.00. The van der Waals surface area contributed by atoms with Gasteiger partial charge in [-0.15, -0.1) is 0 Å². The minimum atomic E-state index is 0. The van der Waals surface area contributed by atoms with Gasteiger partial charge in [-0.25, -0.2) is 0 Å². The molecule has 0 saturated carbocycles. The van der Waals surface area contributed by atoms with Crippen molar-refractivity contribution in [3.05, 3.63) is 0 Å². The maximum atomic E-state index is 6.47. The predicted molar refractivity (Wildman–Crippen MR) is 20.5 cm³/mol. The summed E-state index contributed by atoms with van der Waals surface area (Å²) in [6.45, 7) is 0. The van der Waals surface area contributed by atoms with Crippen molar-refractivity contribution in [3.63, 3.8) is 0 Å². The van der Waals surface area contributed by atoms with E-state index in [-0.39, 0.29) is 29.6 Å². The molecule has 3 nitrogen and oxygen atoms in total. The van der Waals surface area contributed by atoms with Crippen LogP contribution in [0.1, 0.15) is 0 Å². The van der Waals surface area contributed by atoms with Crippen LogP contribution in [0.25, 0.3) is 0 Å². The third kappa shape index (κ3) is 38.0. The predicted octanol–water partition coefficient (Wildman–Crippen LogP) is -0.499. The molecule has 0 aliphatic carbocycles.